The molecule has 2 fully saturated rings. The molecule has 2 saturated carbocycles. The average molecular weight is 458 g/mol. The summed E-state index contributed by atoms with van der Waals surface area (Å²) >= 11 is 0. The van der Waals surface area contributed by atoms with Crippen LogP contribution in [-0.2, 0) is 14.3 Å². The predicted molar refractivity (Wildman–Crippen MR) is 134 cm³/mol. The number of hydrogen-bond donors (Lipinski definition) is 1. The van der Waals surface area contributed by atoms with E-state index in [9.17, 15) is 9.59 Å². The Kier molecular flexibility index (Phi) is 5.81. The first-order valence-corrected chi connectivity index (χ1v) is 12.6. The van der Waals surface area contributed by atoms with E-state index in [0.717, 1.165) is 44.2 Å². The Morgan fingerprint density at radius 3 is 2.65 bits per heavy atom. The number of nitrogen functional groups attached to an aromatic ring is 1. The molecule has 0 amide bonds. The number of nitrogens with two attached hydrogens (primary N) is 1. The molecule has 0 unspecified atom stereocenters. The summed E-state index contributed by atoms with van der Waals surface area (Å²) in [6.07, 6.45) is 8.02. The highest BCUT2D eigenvalue weighted by molar-refractivity contribution is 5.93. The van der Waals surface area contributed by atoms with Crippen LogP contribution in [0, 0.1) is 34.5 Å². The molecule has 0 radical (unpaired) electrons. The van der Waals surface area contributed by atoms with Crippen LogP contribution in [0.1, 0.15) is 70.3 Å². The summed E-state index contributed by atoms with van der Waals surface area (Å²) in [7, 11) is 1.60. The number of allylic oxidation sites excluding steroid dienone is 4. The van der Waals surface area contributed by atoms with Gasteiger partial charge in [0.05, 0.1) is 5.41 Å². The molecule has 0 aliphatic heterocycles. The normalized spacial score (nSPS) is 34.4. The molecule has 178 valence electrons. The Balaban J connectivity index is 1.70. The summed E-state index contributed by atoms with van der Waals surface area (Å²) in [4.78, 5) is 25.8. The molecule has 1 aromatic carbocycles. The fraction of sp³-hybridized carbons (Fsp3) is 0.533. The van der Waals surface area contributed by atoms with Crippen LogP contribution in [0.3, 0.4) is 0 Å². The van der Waals surface area contributed by atoms with E-state index in [4.69, 9.17) is 10.5 Å². The number of hydrogen-bond acceptors (Lipinski definition) is 4. The van der Waals surface area contributed by atoms with Gasteiger partial charge in [-0.2, -0.15) is 0 Å². The van der Waals surface area contributed by atoms with Gasteiger partial charge in [-0.25, -0.2) is 0 Å². The molecule has 0 spiro atoms. The third-order valence-corrected chi connectivity index (χ3v) is 9.36. The number of carbonyl (C=O) groups is 2. The van der Waals surface area contributed by atoms with Crippen LogP contribution in [0.5, 0.6) is 0 Å². The van der Waals surface area contributed by atoms with Crippen molar-refractivity contribution >= 4 is 17.3 Å². The lowest BCUT2D eigenvalue weighted by Crippen LogP contribution is -2.51. The van der Waals surface area contributed by atoms with Crippen molar-refractivity contribution < 1.29 is 14.3 Å². The highest BCUT2D eigenvalue weighted by atomic mass is 16.5. The van der Waals surface area contributed by atoms with Crippen LogP contribution >= 0.6 is 0 Å². The minimum atomic E-state index is -0.677. The van der Waals surface area contributed by atoms with Crippen LogP contribution in [0.2, 0.25) is 0 Å². The lowest BCUT2D eigenvalue weighted by Gasteiger charge is -2.54. The number of anilines is 1. The summed E-state index contributed by atoms with van der Waals surface area (Å²) < 4.78 is 5.34. The molecule has 1 aromatic rings. The molecule has 5 atom stereocenters. The lowest BCUT2D eigenvalue weighted by molar-refractivity contribution is -0.136. The van der Waals surface area contributed by atoms with Crippen LogP contribution in [-0.4, -0.2) is 25.3 Å². The van der Waals surface area contributed by atoms with E-state index in [1.807, 2.05) is 25.1 Å². The molecule has 0 heterocycles. The Bertz CT molecular complexity index is 1150. The second-order valence-electron chi connectivity index (χ2n) is 10.8. The van der Waals surface area contributed by atoms with E-state index in [2.05, 4.69) is 30.9 Å². The van der Waals surface area contributed by atoms with Gasteiger partial charge in [0, 0.05) is 25.1 Å². The monoisotopic (exact) mass is 457 g/mol. The fourth-order valence-corrected chi connectivity index (χ4v) is 7.92. The molecule has 4 aliphatic carbocycles. The number of ketones is 2. The average Bonchev–Trinajstić information content (AvgIpc) is 3.12. The van der Waals surface area contributed by atoms with Crippen molar-refractivity contribution in [1.82, 2.24) is 0 Å². The maximum absolute atomic E-state index is 13.6. The van der Waals surface area contributed by atoms with Crippen molar-refractivity contribution in [3.8, 4) is 11.8 Å². The van der Waals surface area contributed by atoms with Crippen molar-refractivity contribution in [2.45, 2.75) is 64.7 Å². The number of carbonyl (C=O) groups excluding carboxylic acids is 2. The van der Waals surface area contributed by atoms with Gasteiger partial charge in [-0.05, 0) is 97.6 Å². The van der Waals surface area contributed by atoms with Crippen molar-refractivity contribution in [1.29, 1.82) is 0 Å². The van der Waals surface area contributed by atoms with Crippen molar-refractivity contribution in [3.63, 3.8) is 0 Å². The van der Waals surface area contributed by atoms with Crippen LogP contribution in [0.4, 0.5) is 5.69 Å². The van der Waals surface area contributed by atoms with E-state index >= 15 is 0 Å². The van der Waals surface area contributed by atoms with Crippen molar-refractivity contribution in [2.75, 3.05) is 19.5 Å². The van der Waals surface area contributed by atoms with Crippen molar-refractivity contribution in [2.24, 2.45) is 22.7 Å². The zero-order valence-corrected chi connectivity index (χ0v) is 20.6. The number of benzene rings is 1. The number of ether oxygens (including phenoxy) is 1. The van der Waals surface area contributed by atoms with Gasteiger partial charge in [-0.1, -0.05) is 30.6 Å². The number of Topliss-reactive ketones (excluding diaryl/α,β-unsaturated/α-hetero) is 1. The third kappa shape index (κ3) is 3.32. The molecular weight excluding hydrogens is 422 g/mol. The molecular formula is C30H35NO3. The Morgan fingerprint density at radius 1 is 1.18 bits per heavy atom. The zero-order chi connectivity index (χ0) is 24.1. The minimum absolute atomic E-state index is 0.108. The van der Waals surface area contributed by atoms with Crippen LogP contribution in [0.25, 0.3) is 0 Å². The molecule has 4 nitrogen and oxygen atoms in total. The summed E-state index contributed by atoms with van der Waals surface area (Å²) in [5.74, 6) is 7.98. The first-order valence-electron chi connectivity index (χ1n) is 12.6. The molecule has 34 heavy (non-hydrogen) atoms. The number of methoxy groups -OCH3 is 1. The minimum Gasteiger partial charge on any atom is -0.399 e. The summed E-state index contributed by atoms with van der Waals surface area (Å²) in [6, 6.07) is 8.27. The third-order valence-electron chi connectivity index (χ3n) is 9.36. The highest BCUT2D eigenvalue weighted by Gasteiger charge is 2.65. The second kappa shape index (κ2) is 8.54. The van der Waals surface area contributed by atoms with Gasteiger partial charge in [0.25, 0.3) is 0 Å². The molecule has 0 bridgehead atoms. The van der Waals surface area contributed by atoms with E-state index < -0.39 is 5.41 Å². The van der Waals surface area contributed by atoms with Gasteiger partial charge in [0.1, 0.15) is 6.61 Å². The van der Waals surface area contributed by atoms with Gasteiger partial charge >= 0.3 is 0 Å². The Morgan fingerprint density at radius 2 is 1.94 bits per heavy atom. The SMILES string of the molecule is CC#C[C@]1(C(=O)COC)CC[C@H]2[C@@H]3CCC4=CC(=O)CCC4=C3[C@@H](c3ccc(N)cc3)C[C@@]21C. The fourth-order valence-electron chi connectivity index (χ4n) is 7.92. The van der Waals surface area contributed by atoms with Gasteiger partial charge in [0.15, 0.2) is 11.6 Å². The standard InChI is InChI=1S/C30H35NO3/c1-4-14-30(27(33)18-34-3)15-13-26-24-11-7-20-16-22(32)10-12-23(20)28(24)25(17-29(26,30)2)19-5-8-21(31)9-6-19/h5-6,8-9,16,24-26H,7,10-13,15,17-18,31H2,1-3H3/t24-,25+,26-,29-,30+/m0/s1. The molecule has 4 heteroatoms. The zero-order valence-electron chi connectivity index (χ0n) is 20.6. The largest absolute Gasteiger partial charge is 0.399 e. The molecule has 2 N–H and O–H groups in total. The smallest absolute Gasteiger partial charge is 0.176 e. The van der Waals surface area contributed by atoms with Gasteiger partial charge < -0.3 is 10.5 Å². The van der Waals surface area contributed by atoms with Crippen molar-refractivity contribution in [3.05, 3.63) is 52.6 Å². The quantitative estimate of drug-likeness (QED) is 0.486. The molecule has 0 aromatic heterocycles. The van der Waals surface area contributed by atoms with Crippen LogP contribution in [0.15, 0.2) is 47.1 Å². The first-order chi connectivity index (χ1) is 16.3. The summed E-state index contributed by atoms with van der Waals surface area (Å²) in [6.45, 7) is 4.28. The first kappa shape index (κ1) is 23.1. The lowest BCUT2D eigenvalue weighted by atomic mass is 9.48. The Hall–Kier alpha value is -2.64. The highest BCUT2D eigenvalue weighted by Crippen LogP contribution is 2.69. The van der Waals surface area contributed by atoms with E-state index in [1.165, 1.54) is 22.3 Å². The van der Waals surface area contributed by atoms with E-state index in [0.29, 0.717) is 18.3 Å². The second-order valence-corrected chi connectivity index (χ2v) is 10.8. The van der Waals surface area contributed by atoms with E-state index in [-0.39, 0.29) is 29.5 Å². The molecule has 5 rings (SSSR count). The topological polar surface area (TPSA) is 69.4 Å². The summed E-state index contributed by atoms with van der Waals surface area (Å²) in [5.41, 5.74) is 11.3. The molecule has 0 saturated heterocycles. The maximum Gasteiger partial charge on any atom is 0.176 e. The number of fused-ring (bicyclic) bond motifs is 4. The van der Waals surface area contributed by atoms with Gasteiger partial charge in [0.2, 0.25) is 0 Å². The van der Waals surface area contributed by atoms with Crippen LogP contribution < -0.4 is 5.73 Å². The van der Waals surface area contributed by atoms with Gasteiger partial charge in [-0.15, -0.1) is 5.92 Å². The Labute approximate surface area is 203 Å². The number of rotatable bonds is 4. The van der Waals surface area contributed by atoms with Gasteiger partial charge in [-0.3, -0.25) is 9.59 Å². The van der Waals surface area contributed by atoms with E-state index in [1.54, 1.807) is 7.11 Å². The molecule has 4 aliphatic rings. The predicted octanol–water partition coefficient (Wildman–Crippen LogP) is 5.39. The maximum atomic E-state index is 13.6. The summed E-state index contributed by atoms with van der Waals surface area (Å²) in [5, 5.41) is 0.